The molecular formula is C23H18BrClFN3O3. The lowest BCUT2D eigenvalue weighted by molar-refractivity contribution is 0.0992. The fourth-order valence-electron chi connectivity index (χ4n) is 3.01. The van der Waals surface area contributed by atoms with Gasteiger partial charge in [0.25, 0.3) is 5.91 Å². The third-order valence-corrected chi connectivity index (χ3v) is 5.66. The van der Waals surface area contributed by atoms with Gasteiger partial charge in [0, 0.05) is 16.8 Å². The molecule has 0 aliphatic rings. The molecule has 2 heterocycles. The molecule has 0 atom stereocenters. The first kappa shape index (κ1) is 22.1. The molecule has 32 heavy (non-hydrogen) atoms. The van der Waals surface area contributed by atoms with Crippen LogP contribution in [0.4, 0.5) is 10.2 Å². The van der Waals surface area contributed by atoms with Crippen molar-refractivity contribution in [3.05, 3.63) is 98.8 Å². The van der Waals surface area contributed by atoms with Gasteiger partial charge in [-0.05, 0) is 64.8 Å². The minimum absolute atomic E-state index is 0.143. The maximum Gasteiger partial charge on any atom is 0.292 e. The van der Waals surface area contributed by atoms with Gasteiger partial charge in [0.15, 0.2) is 11.6 Å². The number of aromatic nitrogens is 2. The van der Waals surface area contributed by atoms with E-state index in [0.29, 0.717) is 28.9 Å². The zero-order valence-electron chi connectivity index (χ0n) is 16.9. The summed E-state index contributed by atoms with van der Waals surface area (Å²) < 4.78 is 27.1. The number of carbonyl (C=O) groups is 1. The second kappa shape index (κ2) is 9.58. The van der Waals surface area contributed by atoms with E-state index < -0.39 is 11.7 Å². The molecule has 0 saturated heterocycles. The molecule has 0 fully saturated rings. The van der Waals surface area contributed by atoms with Gasteiger partial charge in [0.2, 0.25) is 0 Å². The number of halogens is 3. The monoisotopic (exact) mass is 517 g/mol. The van der Waals surface area contributed by atoms with Gasteiger partial charge in [-0.25, -0.2) is 4.39 Å². The summed E-state index contributed by atoms with van der Waals surface area (Å²) in [6.07, 6.45) is 0. The molecule has 4 rings (SSSR count). The summed E-state index contributed by atoms with van der Waals surface area (Å²) >= 11 is 9.52. The highest BCUT2D eigenvalue weighted by molar-refractivity contribution is 9.10. The predicted octanol–water partition coefficient (Wildman–Crippen LogP) is 6.22. The van der Waals surface area contributed by atoms with Crippen molar-refractivity contribution in [1.82, 2.24) is 9.78 Å². The molecule has 1 N–H and O–H groups in total. The number of carbonyl (C=O) groups excluding carboxylic acids is 1. The van der Waals surface area contributed by atoms with Crippen molar-refractivity contribution in [3.8, 4) is 5.75 Å². The highest BCUT2D eigenvalue weighted by atomic mass is 79.9. The van der Waals surface area contributed by atoms with Crippen LogP contribution in [0.3, 0.4) is 0 Å². The maximum atomic E-state index is 13.3. The van der Waals surface area contributed by atoms with Crippen LogP contribution in [0.2, 0.25) is 5.02 Å². The van der Waals surface area contributed by atoms with E-state index in [2.05, 4.69) is 26.3 Å². The van der Waals surface area contributed by atoms with Crippen molar-refractivity contribution in [3.63, 3.8) is 0 Å². The average molecular weight is 519 g/mol. The summed E-state index contributed by atoms with van der Waals surface area (Å²) in [5.41, 5.74) is 1.53. The number of benzene rings is 2. The Balaban J connectivity index is 1.39. The number of ether oxygens (including phenoxy) is 1. The largest absolute Gasteiger partial charge is 0.484 e. The molecule has 0 aliphatic heterocycles. The fraction of sp³-hybridized carbons (Fsp3) is 0.130. The molecule has 0 unspecified atom stereocenters. The van der Waals surface area contributed by atoms with Crippen LogP contribution in [0.25, 0.3) is 0 Å². The first-order chi connectivity index (χ1) is 15.4. The second-order valence-electron chi connectivity index (χ2n) is 7.00. The van der Waals surface area contributed by atoms with Crippen LogP contribution in [-0.2, 0) is 13.2 Å². The molecule has 164 valence electrons. The van der Waals surface area contributed by atoms with Crippen LogP contribution >= 0.6 is 27.5 Å². The second-order valence-corrected chi connectivity index (χ2v) is 8.27. The molecule has 0 aliphatic carbocycles. The topological polar surface area (TPSA) is 69.3 Å². The van der Waals surface area contributed by atoms with Crippen molar-refractivity contribution in [2.24, 2.45) is 0 Å². The van der Waals surface area contributed by atoms with Crippen LogP contribution in [0, 0.1) is 12.7 Å². The quantitative estimate of drug-likeness (QED) is 0.315. The fourth-order valence-corrected chi connectivity index (χ4v) is 3.63. The molecule has 9 heteroatoms. The molecular weight excluding hydrogens is 501 g/mol. The zero-order valence-corrected chi connectivity index (χ0v) is 19.3. The molecule has 2 aromatic carbocycles. The number of para-hydroxylation sites is 1. The Bertz CT molecular complexity index is 1270. The highest BCUT2D eigenvalue weighted by Gasteiger charge is 2.15. The number of aryl methyl sites for hydroxylation is 1. The molecule has 0 radical (unpaired) electrons. The first-order valence-electron chi connectivity index (χ1n) is 9.65. The van der Waals surface area contributed by atoms with Crippen LogP contribution < -0.4 is 10.1 Å². The average Bonchev–Trinajstić information content (AvgIpc) is 3.36. The summed E-state index contributed by atoms with van der Waals surface area (Å²) in [5, 5.41) is 7.42. The molecule has 0 spiro atoms. The van der Waals surface area contributed by atoms with Crippen molar-refractivity contribution >= 4 is 39.3 Å². The molecule has 2 aromatic heterocycles. The van der Waals surface area contributed by atoms with Gasteiger partial charge in [-0.2, -0.15) is 5.10 Å². The van der Waals surface area contributed by atoms with Crippen LogP contribution in [-0.4, -0.2) is 15.7 Å². The normalized spacial score (nSPS) is 10.9. The summed E-state index contributed by atoms with van der Waals surface area (Å²) in [7, 11) is 0. The predicted molar refractivity (Wildman–Crippen MR) is 123 cm³/mol. The minimum Gasteiger partial charge on any atom is -0.484 e. The van der Waals surface area contributed by atoms with Gasteiger partial charge in [-0.3, -0.25) is 9.48 Å². The van der Waals surface area contributed by atoms with Crippen molar-refractivity contribution < 1.29 is 18.3 Å². The Morgan fingerprint density at radius 1 is 1.22 bits per heavy atom. The number of amides is 1. The van der Waals surface area contributed by atoms with Crippen molar-refractivity contribution in [2.45, 2.75) is 20.1 Å². The van der Waals surface area contributed by atoms with Crippen molar-refractivity contribution in [2.75, 3.05) is 5.32 Å². The zero-order chi connectivity index (χ0) is 22.7. The number of hydrogen-bond donors (Lipinski definition) is 1. The molecule has 0 saturated carbocycles. The van der Waals surface area contributed by atoms with E-state index >= 15 is 0 Å². The maximum absolute atomic E-state index is 13.3. The van der Waals surface area contributed by atoms with Gasteiger partial charge < -0.3 is 14.5 Å². The molecule has 4 aromatic rings. The van der Waals surface area contributed by atoms with E-state index in [-0.39, 0.29) is 12.4 Å². The number of nitrogens with one attached hydrogen (secondary N) is 1. The van der Waals surface area contributed by atoms with Gasteiger partial charge in [0.05, 0.1) is 11.0 Å². The third-order valence-electron chi connectivity index (χ3n) is 4.65. The van der Waals surface area contributed by atoms with Crippen LogP contribution in [0.1, 0.15) is 27.6 Å². The van der Waals surface area contributed by atoms with E-state index in [0.717, 1.165) is 15.7 Å². The molecule has 0 bridgehead atoms. The summed E-state index contributed by atoms with van der Waals surface area (Å²) in [6, 6.07) is 16.7. The van der Waals surface area contributed by atoms with E-state index in [1.54, 1.807) is 28.9 Å². The van der Waals surface area contributed by atoms with E-state index in [4.69, 9.17) is 20.8 Å². The van der Waals surface area contributed by atoms with E-state index in [9.17, 15) is 9.18 Å². The number of hydrogen-bond acceptors (Lipinski definition) is 4. The van der Waals surface area contributed by atoms with Crippen LogP contribution in [0.5, 0.6) is 5.75 Å². The lowest BCUT2D eigenvalue weighted by atomic mass is 10.2. The smallest absolute Gasteiger partial charge is 0.292 e. The van der Waals surface area contributed by atoms with Gasteiger partial charge in [0.1, 0.15) is 23.9 Å². The number of anilines is 1. The lowest BCUT2D eigenvalue weighted by Crippen LogP contribution is -2.12. The van der Waals surface area contributed by atoms with Gasteiger partial charge >= 0.3 is 0 Å². The van der Waals surface area contributed by atoms with Crippen molar-refractivity contribution in [1.29, 1.82) is 0 Å². The lowest BCUT2D eigenvalue weighted by Gasteiger charge is -2.07. The van der Waals surface area contributed by atoms with E-state index in [1.165, 1.54) is 12.1 Å². The summed E-state index contributed by atoms with van der Waals surface area (Å²) in [6.45, 7) is 2.38. The van der Waals surface area contributed by atoms with E-state index in [1.807, 2.05) is 31.2 Å². The Kier molecular flexibility index (Phi) is 6.62. The number of nitrogens with zero attached hydrogens (tertiary/aromatic N) is 2. The SMILES string of the molecule is Cc1cc(NC(=O)c2ccc(COc3ccccc3Br)o2)nn1Cc1ccc(F)cc1Cl. The number of furan rings is 1. The summed E-state index contributed by atoms with van der Waals surface area (Å²) in [4.78, 5) is 12.6. The molecule has 6 nitrogen and oxygen atoms in total. The standard InChI is InChI=1S/C23H18BrClFN3O3/c1-14-10-22(28-29(14)12-15-6-7-16(26)11-19(15)25)27-23(30)21-9-8-17(32-21)13-31-20-5-3-2-4-18(20)24/h2-11H,12-13H2,1H3,(H,27,28,30). The Hall–Kier alpha value is -3.10. The third kappa shape index (κ3) is 5.20. The number of rotatable bonds is 7. The molecule has 1 amide bonds. The van der Waals surface area contributed by atoms with Gasteiger partial charge in [-0.1, -0.05) is 29.8 Å². The first-order valence-corrected chi connectivity index (χ1v) is 10.8. The minimum atomic E-state index is -0.429. The Morgan fingerprint density at radius 2 is 2.03 bits per heavy atom. The van der Waals surface area contributed by atoms with Crippen LogP contribution in [0.15, 0.2) is 69.6 Å². The summed E-state index contributed by atoms with van der Waals surface area (Å²) in [5.74, 6) is 0.874. The Morgan fingerprint density at radius 3 is 2.81 bits per heavy atom. The van der Waals surface area contributed by atoms with Gasteiger partial charge in [-0.15, -0.1) is 0 Å². The highest BCUT2D eigenvalue weighted by Crippen LogP contribution is 2.25. The Labute approximate surface area is 197 Å².